The van der Waals surface area contributed by atoms with Crippen LogP contribution >= 0.6 is 12.2 Å². The fourth-order valence-electron chi connectivity index (χ4n) is 3.32. The molecular formula is C18H16N2OS. The molecule has 0 N–H and O–H groups in total. The lowest BCUT2D eigenvalue weighted by atomic mass is 9.95. The summed E-state index contributed by atoms with van der Waals surface area (Å²) in [5.41, 5.74) is 4.51. The van der Waals surface area contributed by atoms with E-state index in [2.05, 4.69) is 17.0 Å². The molecule has 4 rings (SSSR count). The van der Waals surface area contributed by atoms with Gasteiger partial charge in [-0.2, -0.15) is 0 Å². The van der Waals surface area contributed by atoms with Crippen molar-refractivity contribution in [1.82, 2.24) is 4.90 Å². The first-order valence-corrected chi connectivity index (χ1v) is 7.84. The molecule has 2 aliphatic heterocycles. The molecule has 0 spiro atoms. The summed E-state index contributed by atoms with van der Waals surface area (Å²) in [5, 5.41) is 0.620. The highest BCUT2D eigenvalue weighted by molar-refractivity contribution is 7.80. The quantitative estimate of drug-likeness (QED) is 0.757. The molecule has 0 saturated carbocycles. The van der Waals surface area contributed by atoms with Gasteiger partial charge < -0.3 is 4.90 Å². The van der Waals surface area contributed by atoms with E-state index in [1.165, 1.54) is 11.1 Å². The standard InChI is InChI=1S/C18H16N2OS/c1-12-5-4-8-15(9-12)20-17(21)16-10-13-6-2-3-7-14(13)11-19(16)18(20)22/h2-9,16H,10-11H2,1H3/t16-/m0/s1. The van der Waals surface area contributed by atoms with Gasteiger partial charge in [-0.15, -0.1) is 0 Å². The van der Waals surface area contributed by atoms with Crippen LogP contribution in [-0.4, -0.2) is 22.0 Å². The molecule has 1 amide bonds. The molecule has 2 heterocycles. The molecule has 0 bridgehead atoms. The molecule has 0 aliphatic carbocycles. The average molecular weight is 308 g/mol. The minimum absolute atomic E-state index is 0.0881. The molecule has 22 heavy (non-hydrogen) atoms. The van der Waals surface area contributed by atoms with Gasteiger partial charge in [0.25, 0.3) is 5.91 Å². The smallest absolute Gasteiger partial charge is 0.256 e. The molecule has 0 unspecified atom stereocenters. The second-order valence-electron chi connectivity index (χ2n) is 5.91. The van der Waals surface area contributed by atoms with E-state index in [4.69, 9.17) is 12.2 Å². The van der Waals surface area contributed by atoms with Crippen molar-refractivity contribution in [3.05, 3.63) is 65.2 Å². The summed E-state index contributed by atoms with van der Waals surface area (Å²) in [6, 6.07) is 16.1. The van der Waals surface area contributed by atoms with E-state index in [0.717, 1.165) is 17.7 Å². The van der Waals surface area contributed by atoms with Crippen LogP contribution in [0.4, 0.5) is 5.69 Å². The van der Waals surface area contributed by atoms with Gasteiger partial charge in [-0.3, -0.25) is 9.69 Å². The maximum Gasteiger partial charge on any atom is 0.256 e. The highest BCUT2D eigenvalue weighted by Crippen LogP contribution is 2.33. The molecule has 0 radical (unpaired) electrons. The van der Waals surface area contributed by atoms with Gasteiger partial charge in [0, 0.05) is 13.0 Å². The maximum absolute atomic E-state index is 12.9. The van der Waals surface area contributed by atoms with Gasteiger partial charge in [0.15, 0.2) is 5.11 Å². The van der Waals surface area contributed by atoms with E-state index in [9.17, 15) is 4.79 Å². The van der Waals surface area contributed by atoms with Crippen LogP contribution in [0.25, 0.3) is 0 Å². The first-order valence-electron chi connectivity index (χ1n) is 7.43. The first-order chi connectivity index (χ1) is 10.6. The van der Waals surface area contributed by atoms with Crippen LogP contribution in [0.1, 0.15) is 16.7 Å². The van der Waals surface area contributed by atoms with Gasteiger partial charge in [-0.05, 0) is 48.0 Å². The van der Waals surface area contributed by atoms with Crippen molar-refractivity contribution in [2.45, 2.75) is 25.9 Å². The lowest BCUT2D eigenvalue weighted by Gasteiger charge is -2.30. The molecule has 1 fully saturated rings. The summed E-state index contributed by atoms with van der Waals surface area (Å²) in [6.07, 6.45) is 0.734. The minimum atomic E-state index is -0.164. The summed E-state index contributed by atoms with van der Waals surface area (Å²) >= 11 is 5.60. The number of amides is 1. The van der Waals surface area contributed by atoms with Gasteiger partial charge in [0.05, 0.1) is 5.69 Å². The Kier molecular flexibility index (Phi) is 3.01. The predicted octanol–water partition coefficient (Wildman–Crippen LogP) is 3.05. The van der Waals surface area contributed by atoms with Crippen LogP contribution in [0.15, 0.2) is 48.5 Å². The lowest BCUT2D eigenvalue weighted by Crippen LogP contribution is -2.39. The number of rotatable bonds is 1. The highest BCUT2D eigenvalue weighted by atomic mass is 32.1. The van der Waals surface area contributed by atoms with Crippen LogP contribution in [0, 0.1) is 6.92 Å². The zero-order valence-corrected chi connectivity index (χ0v) is 13.1. The molecule has 0 aromatic heterocycles. The van der Waals surface area contributed by atoms with E-state index in [1.54, 1.807) is 4.90 Å². The van der Waals surface area contributed by atoms with E-state index in [0.29, 0.717) is 11.7 Å². The Balaban J connectivity index is 1.73. The van der Waals surface area contributed by atoms with Crippen molar-refractivity contribution in [3.63, 3.8) is 0 Å². The summed E-state index contributed by atoms with van der Waals surface area (Å²) < 4.78 is 0. The number of benzene rings is 2. The van der Waals surface area contributed by atoms with Gasteiger partial charge in [0.2, 0.25) is 0 Å². The number of thiocarbonyl (C=S) groups is 1. The summed E-state index contributed by atoms with van der Waals surface area (Å²) in [4.78, 5) is 16.6. The largest absolute Gasteiger partial charge is 0.332 e. The highest BCUT2D eigenvalue weighted by Gasteiger charge is 2.45. The van der Waals surface area contributed by atoms with Crippen LogP contribution in [0.3, 0.4) is 0 Å². The zero-order chi connectivity index (χ0) is 15.3. The van der Waals surface area contributed by atoms with Gasteiger partial charge >= 0.3 is 0 Å². The Labute approximate surface area is 135 Å². The molecule has 2 aromatic rings. The third-order valence-electron chi connectivity index (χ3n) is 4.45. The molecule has 1 atom stereocenters. The average Bonchev–Trinajstić information content (AvgIpc) is 2.76. The summed E-state index contributed by atoms with van der Waals surface area (Å²) in [5.74, 6) is 0.0881. The molecule has 2 aromatic carbocycles. The zero-order valence-electron chi connectivity index (χ0n) is 12.3. The first kappa shape index (κ1) is 13.5. The predicted molar refractivity (Wildman–Crippen MR) is 90.7 cm³/mol. The van der Waals surface area contributed by atoms with Crippen molar-refractivity contribution in [2.24, 2.45) is 0 Å². The van der Waals surface area contributed by atoms with Crippen molar-refractivity contribution in [1.29, 1.82) is 0 Å². The number of aryl methyl sites for hydroxylation is 1. The maximum atomic E-state index is 12.9. The third-order valence-corrected chi connectivity index (χ3v) is 4.87. The van der Waals surface area contributed by atoms with E-state index in [1.807, 2.05) is 43.3 Å². The van der Waals surface area contributed by atoms with Gasteiger partial charge in [-0.25, -0.2) is 0 Å². The fraction of sp³-hybridized carbons (Fsp3) is 0.222. The van der Waals surface area contributed by atoms with Crippen LogP contribution < -0.4 is 4.90 Å². The third kappa shape index (κ3) is 1.95. The lowest BCUT2D eigenvalue weighted by molar-refractivity contribution is -0.119. The van der Waals surface area contributed by atoms with Crippen molar-refractivity contribution < 1.29 is 4.79 Å². The van der Waals surface area contributed by atoms with E-state index >= 15 is 0 Å². The van der Waals surface area contributed by atoms with E-state index in [-0.39, 0.29) is 11.9 Å². The number of fused-ring (bicyclic) bond motifs is 2. The Morgan fingerprint density at radius 2 is 1.86 bits per heavy atom. The molecule has 3 nitrogen and oxygen atoms in total. The number of nitrogens with zero attached hydrogens (tertiary/aromatic N) is 2. The van der Waals surface area contributed by atoms with E-state index < -0.39 is 0 Å². The normalized spacial score (nSPS) is 20.1. The van der Waals surface area contributed by atoms with Gasteiger partial charge in [0.1, 0.15) is 6.04 Å². The second kappa shape index (κ2) is 4.92. The van der Waals surface area contributed by atoms with Gasteiger partial charge in [-0.1, -0.05) is 36.4 Å². The Hall–Kier alpha value is -2.20. The SMILES string of the molecule is Cc1cccc(N2C(=O)[C@@H]3Cc4ccccc4CN3C2=S)c1. The molecular weight excluding hydrogens is 292 g/mol. The molecule has 110 valence electrons. The Morgan fingerprint density at radius 3 is 2.64 bits per heavy atom. The summed E-state index contributed by atoms with van der Waals surface area (Å²) in [7, 11) is 0. The molecule has 1 saturated heterocycles. The number of hydrogen-bond acceptors (Lipinski definition) is 2. The number of carbonyl (C=O) groups excluding carboxylic acids is 1. The van der Waals surface area contributed by atoms with Crippen molar-refractivity contribution in [3.8, 4) is 0 Å². The number of carbonyl (C=O) groups is 1. The van der Waals surface area contributed by atoms with Crippen molar-refractivity contribution in [2.75, 3.05) is 4.90 Å². The molecule has 2 aliphatic rings. The molecule has 4 heteroatoms. The summed E-state index contributed by atoms with van der Waals surface area (Å²) in [6.45, 7) is 2.74. The van der Waals surface area contributed by atoms with Crippen LogP contribution in [-0.2, 0) is 17.8 Å². The Morgan fingerprint density at radius 1 is 1.09 bits per heavy atom. The monoisotopic (exact) mass is 308 g/mol. The fourth-order valence-corrected chi connectivity index (χ4v) is 3.71. The minimum Gasteiger partial charge on any atom is -0.332 e. The van der Waals surface area contributed by atoms with Crippen LogP contribution in [0.5, 0.6) is 0 Å². The van der Waals surface area contributed by atoms with Crippen molar-refractivity contribution >= 4 is 28.9 Å². The Bertz CT molecular complexity index is 743. The van der Waals surface area contributed by atoms with Crippen LogP contribution in [0.2, 0.25) is 0 Å². The number of anilines is 1. The number of hydrogen-bond donors (Lipinski definition) is 0. The second-order valence-corrected chi connectivity index (χ2v) is 6.28. The topological polar surface area (TPSA) is 23.6 Å².